The molecule has 1 aliphatic rings. The first kappa shape index (κ1) is 10.0. The molecule has 0 aromatic rings. The first-order valence-electron chi connectivity index (χ1n) is 5.03. The highest BCUT2D eigenvalue weighted by Gasteiger charge is 1.82. The van der Waals surface area contributed by atoms with E-state index in [0.29, 0.717) is 0 Å². The Kier molecular flexibility index (Phi) is 5.87. The molecule has 0 fully saturated rings. The quantitative estimate of drug-likeness (QED) is 0.520. The third kappa shape index (κ3) is 6.15. The third-order valence-electron chi connectivity index (χ3n) is 1.96. The van der Waals surface area contributed by atoms with Crippen molar-refractivity contribution in [1.82, 2.24) is 0 Å². The van der Waals surface area contributed by atoms with Gasteiger partial charge in [-0.15, -0.1) is 0 Å². The van der Waals surface area contributed by atoms with Crippen molar-refractivity contribution >= 4 is 0 Å². The normalized spacial score (nSPS) is 28.9. The van der Waals surface area contributed by atoms with Gasteiger partial charge in [-0.2, -0.15) is 0 Å². The van der Waals surface area contributed by atoms with E-state index in [2.05, 4.69) is 42.5 Å². The van der Waals surface area contributed by atoms with E-state index < -0.39 is 0 Å². The molecule has 0 N–H and O–H groups in total. The van der Waals surface area contributed by atoms with Gasteiger partial charge in [-0.25, -0.2) is 0 Å². The summed E-state index contributed by atoms with van der Waals surface area (Å²) in [5.41, 5.74) is 0. The van der Waals surface area contributed by atoms with Crippen LogP contribution in [0.2, 0.25) is 0 Å². The minimum atomic E-state index is 0.911. The Hall–Kier alpha value is -1.04. The van der Waals surface area contributed by atoms with Gasteiger partial charge in [0.15, 0.2) is 0 Å². The highest BCUT2D eigenvalue weighted by atomic mass is 13.9. The molecule has 0 aliphatic heterocycles. The summed E-state index contributed by atoms with van der Waals surface area (Å²) in [6.07, 6.45) is 24.0. The SMILES string of the molecule is [C]1=C/C=C\CCCC/C=C/C=C/C/1. The van der Waals surface area contributed by atoms with Crippen molar-refractivity contribution in [2.24, 2.45) is 0 Å². The lowest BCUT2D eigenvalue weighted by Gasteiger charge is -1.91. The summed E-state index contributed by atoms with van der Waals surface area (Å²) < 4.78 is 0. The second-order valence-corrected chi connectivity index (χ2v) is 3.14. The summed E-state index contributed by atoms with van der Waals surface area (Å²) in [6, 6.07) is 0. The Morgan fingerprint density at radius 1 is 0.769 bits per heavy atom. The van der Waals surface area contributed by atoms with E-state index in [1.54, 1.807) is 0 Å². The molecule has 1 radical (unpaired) electrons. The van der Waals surface area contributed by atoms with Crippen molar-refractivity contribution in [2.75, 3.05) is 0 Å². The van der Waals surface area contributed by atoms with Gasteiger partial charge in [-0.1, -0.05) is 42.5 Å². The van der Waals surface area contributed by atoms with Gasteiger partial charge in [-0.05, 0) is 38.2 Å². The Labute approximate surface area is 81.4 Å². The first-order chi connectivity index (χ1) is 6.50. The maximum atomic E-state index is 3.19. The highest BCUT2D eigenvalue weighted by molar-refractivity contribution is 5.06. The molecule has 0 aromatic carbocycles. The van der Waals surface area contributed by atoms with Gasteiger partial charge in [-0.3, -0.25) is 0 Å². The summed E-state index contributed by atoms with van der Waals surface area (Å²) >= 11 is 0. The van der Waals surface area contributed by atoms with Gasteiger partial charge >= 0.3 is 0 Å². The van der Waals surface area contributed by atoms with Crippen LogP contribution >= 0.6 is 0 Å². The third-order valence-corrected chi connectivity index (χ3v) is 1.96. The molecular formula is C13H17. The van der Waals surface area contributed by atoms with Crippen LogP contribution in [0, 0.1) is 6.08 Å². The van der Waals surface area contributed by atoms with E-state index in [-0.39, 0.29) is 0 Å². The van der Waals surface area contributed by atoms with E-state index in [1.807, 2.05) is 6.08 Å². The van der Waals surface area contributed by atoms with Crippen LogP contribution in [0.4, 0.5) is 0 Å². The van der Waals surface area contributed by atoms with Crippen LogP contribution < -0.4 is 0 Å². The maximum Gasteiger partial charge on any atom is -0.00915 e. The number of rotatable bonds is 0. The molecule has 0 aromatic heterocycles. The largest absolute Gasteiger partial charge is 0.0845 e. The van der Waals surface area contributed by atoms with Gasteiger partial charge in [0.25, 0.3) is 0 Å². The monoisotopic (exact) mass is 173 g/mol. The van der Waals surface area contributed by atoms with Crippen LogP contribution in [0.25, 0.3) is 0 Å². The maximum absolute atomic E-state index is 3.19. The Balaban J connectivity index is 2.38. The van der Waals surface area contributed by atoms with Crippen LogP contribution in [-0.4, -0.2) is 0 Å². The van der Waals surface area contributed by atoms with Crippen molar-refractivity contribution < 1.29 is 0 Å². The van der Waals surface area contributed by atoms with E-state index in [9.17, 15) is 0 Å². The van der Waals surface area contributed by atoms with Crippen LogP contribution in [0.15, 0.2) is 42.5 Å². The van der Waals surface area contributed by atoms with Crippen LogP contribution in [0.5, 0.6) is 0 Å². The molecule has 1 rings (SSSR count). The fourth-order valence-electron chi connectivity index (χ4n) is 1.21. The molecule has 0 saturated carbocycles. The van der Waals surface area contributed by atoms with E-state index in [0.717, 1.165) is 6.42 Å². The van der Waals surface area contributed by atoms with E-state index in [1.165, 1.54) is 25.7 Å². The standard InChI is InChI=1S/C13H17/c1-2-4-6-8-10-12-13-11-9-7-5-3-1/h1-4,10,12-13H,5-7,9,11H2/b3-1+,4-2+,10-8?,13-12-. The van der Waals surface area contributed by atoms with Crippen LogP contribution in [-0.2, 0) is 0 Å². The van der Waals surface area contributed by atoms with E-state index in [4.69, 9.17) is 0 Å². The molecule has 0 heteroatoms. The molecule has 69 valence electrons. The fraction of sp³-hybridized carbons (Fsp3) is 0.385. The molecule has 13 heavy (non-hydrogen) atoms. The molecule has 0 bridgehead atoms. The molecule has 0 unspecified atom stereocenters. The molecule has 0 heterocycles. The summed E-state index contributed by atoms with van der Waals surface area (Å²) in [5.74, 6) is 0. The molecule has 0 amide bonds. The zero-order valence-corrected chi connectivity index (χ0v) is 8.08. The highest BCUT2D eigenvalue weighted by Crippen LogP contribution is 2.02. The number of allylic oxidation sites excluding steroid dienone is 8. The Morgan fingerprint density at radius 2 is 1.46 bits per heavy atom. The van der Waals surface area contributed by atoms with Crippen molar-refractivity contribution in [2.45, 2.75) is 32.1 Å². The van der Waals surface area contributed by atoms with Gasteiger partial charge in [0, 0.05) is 0 Å². The second kappa shape index (κ2) is 7.60. The first-order valence-corrected chi connectivity index (χ1v) is 5.03. The zero-order valence-electron chi connectivity index (χ0n) is 8.08. The molecule has 0 spiro atoms. The number of hydrogen-bond acceptors (Lipinski definition) is 0. The van der Waals surface area contributed by atoms with Gasteiger partial charge in [0.05, 0.1) is 0 Å². The van der Waals surface area contributed by atoms with Crippen LogP contribution in [0.3, 0.4) is 0 Å². The predicted octanol–water partition coefficient (Wildman–Crippen LogP) is 3.98. The summed E-state index contributed by atoms with van der Waals surface area (Å²) in [7, 11) is 0. The minimum absolute atomic E-state index is 0.911. The lowest BCUT2D eigenvalue weighted by molar-refractivity contribution is 0.762. The van der Waals surface area contributed by atoms with Crippen LogP contribution in [0.1, 0.15) is 32.1 Å². The van der Waals surface area contributed by atoms with Crippen molar-refractivity contribution in [3.8, 4) is 0 Å². The Bertz CT molecular complexity index is 192. The van der Waals surface area contributed by atoms with Gasteiger partial charge in [0.1, 0.15) is 0 Å². The number of hydrogen-bond donors (Lipinski definition) is 0. The smallest absolute Gasteiger partial charge is 0.00915 e. The predicted molar refractivity (Wildman–Crippen MR) is 58.3 cm³/mol. The van der Waals surface area contributed by atoms with Crippen molar-refractivity contribution in [3.63, 3.8) is 0 Å². The van der Waals surface area contributed by atoms with Gasteiger partial charge < -0.3 is 0 Å². The van der Waals surface area contributed by atoms with E-state index >= 15 is 0 Å². The lowest BCUT2D eigenvalue weighted by atomic mass is 10.2. The molecule has 1 aliphatic carbocycles. The minimum Gasteiger partial charge on any atom is -0.0845 e. The molecule has 0 atom stereocenters. The average molecular weight is 173 g/mol. The average Bonchev–Trinajstić information content (AvgIpc) is 2.18. The van der Waals surface area contributed by atoms with Gasteiger partial charge in [0.2, 0.25) is 0 Å². The zero-order chi connectivity index (χ0) is 9.19. The summed E-state index contributed by atoms with van der Waals surface area (Å²) in [4.78, 5) is 0. The fourth-order valence-corrected chi connectivity index (χ4v) is 1.21. The molecular weight excluding hydrogens is 156 g/mol. The lowest BCUT2D eigenvalue weighted by Crippen LogP contribution is -1.71. The topological polar surface area (TPSA) is 0 Å². The summed E-state index contributed by atoms with van der Waals surface area (Å²) in [6.45, 7) is 0. The van der Waals surface area contributed by atoms with Crippen molar-refractivity contribution in [1.29, 1.82) is 0 Å². The Morgan fingerprint density at radius 3 is 2.31 bits per heavy atom. The summed E-state index contributed by atoms with van der Waals surface area (Å²) in [5, 5.41) is 0. The second-order valence-electron chi connectivity index (χ2n) is 3.14. The van der Waals surface area contributed by atoms with Crippen molar-refractivity contribution in [3.05, 3.63) is 48.6 Å². The molecule has 0 nitrogen and oxygen atoms in total. The molecule has 0 saturated heterocycles.